The molecule has 0 aliphatic carbocycles. The molecule has 0 fully saturated rings. The molecule has 2 heteroatoms. The minimum atomic E-state index is -0.210. The van der Waals surface area contributed by atoms with E-state index in [1.165, 1.54) is 6.07 Å². The average molecular weight is 265 g/mol. The van der Waals surface area contributed by atoms with Gasteiger partial charge in [-0.3, -0.25) is 0 Å². The average Bonchev–Trinajstić information content (AvgIpc) is 2.48. The number of rotatable bonds is 2. The molecule has 1 heterocycles. The second kappa shape index (κ2) is 5.33. The third-order valence-electron chi connectivity index (χ3n) is 3.55. The Morgan fingerprint density at radius 1 is 0.900 bits per heavy atom. The number of halogens is 1. The van der Waals surface area contributed by atoms with E-state index in [9.17, 15) is 4.39 Å². The van der Waals surface area contributed by atoms with Gasteiger partial charge >= 0.3 is 0 Å². The zero-order valence-corrected chi connectivity index (χ0v) is 11.2. The first-order chi connectivity index (χ1) is 9.75. The Balaban J connectivity index is 2.17. The van der Waals surface area contributed by atoms with Gasteiger partial charge in [-0.05, 0) is 36.1 Å². The van der Waals surface area contributed by atoms with Crippen molar-refractivity contribution in [1.82, 2.24) is 5.32 Å². The summed E-state index contributed by atoms with van der Waals surface area (Å²) in [5.74, 6) is -0.210. The highest BCUT2D eigenvalue weighted by Gasteiger charge is 2.19. The van der Waals surface area contributed by atoms with E-state index in [1.807, 2.05) is 24.3 Å². The lowest BCUT2D eigenvalue weighted by Crippen LogP contribution is -2.18. The van der Waals surface area contributed by atoms with E-state index < -0.39 is 0 Å². The maximum absolute atomic E-state index is 14.1. The van der Waals surface area contributed by atoms with E-state index in [1.54, 1.807) is 12.1 Å². The van der Waals surface area contributed by atoms with Crippen LogP contribution in [0, 0.1) is 5.82 Å². The molecular formula is C18H16FN. The van der Waals surface area contributed by atoms with Crippen LogP contribution in [-0.2, 0) is 0 Å². The summed E-state index contributed by atoms with van der Waals surface area (Å²) in [6, 6.07) is 17.0. The van der Waals surface area contributed by atoms with E-state index in [4.69, 9.17) is 0 Å². The van der Waals surface area contributed by atoms with Crippen LogP contribution in [0.3, 0.4) is 0 Å². The molecule has 1 N–H and O–H groups in total. The molecule has 20 heavy (non-hydrogen) atoms. The number of allylic oxidation sites excluding steroid dienone is 2. The fraction of sp³-hybridized carbons (Fsp3) is 0.111. The smallest absolute Gasteiger partial charge is 0.132 e. The molecule has 0 unspecified atom stereocenters. The molecule has 0 aromatic heterocycles. The van der Waals surface area contributed by atoms with E-state index in [2.05, 4.69) is 24.0 Å². The molecule has 0 spiro atoms. The highest BCUT2D eigenvalue weighted by molar-refractivity contribution is 5.91. The van der Waals surface area contributed by atoms with Crippen LogP contribution in [0.4, 0.5) is 4.39 Å². The van der Waals surface area contributed by atoms with Gasteiger partial charge in [0.1, 0.15) is 5.82 Å². The van der Waals surface area contributed by atoms with Gasteiger partial charge in [-0.1, -0.05) is 49.0 Å². The van der Waals surface area contributed by atoms with Gasteiger partial charge in [0, 0.05) is 11.3 Å². The van der Waals surface area contributed by atoms with Gasteiger partial charge in [0.25, 0.3) is 0 Å². The first-order valence-electron chi connectivity index (χ1n) is 6.74. The number of benzene rings is 2. The van der Waals surface area contributed by atoms with Crippen molar-refractivity contribution in [2.24, 2.45) is 0 Å². The molecule has 1 aliphatic heterocycles. The van der Waals surface area contributed by atoms with E-state index >= 15 is 0 Å². The minimum Gasteiger partial charge on any atom is -0.359 e. The van der Waals surface area contributed by atoms with Gasteiger partial charge in [0.2, 0.25) is 0 Å². The third-order valence-corrected chi connectivity index (χ3v) is 3.55. The molecule has 0 saturated carbocycles. The van der Waals surface area contributed by atoms with Crippen molar-refractivity contribution in [3.63, 3.8) is 0 Å². The van der Waals surface area contributed by atoms with E-state index in [-0.39, 0.29) is 5.82 Å². The number of hydrogen-bond donors (Lipinski definition) is 1. The number of nitrogens with one attached hydrogen (secondary N) is 1. The normalized spacial score (nSPS) is 15.2. The first kappa shape index (κ1) is 12.7. The third kappa shape index (κ3) is 2.37. The van der Waals surface area contributed by atoms with Gasteiger partial charge in [0.05, 0.1) is 5.70 Å². The zero-order valence-electron chi connectivity index (χ0n) is 11.2. The molecule has 1 nitrogen and oxygen atoms in total. The van der Waals surface area contributed by atoms with Crippen LogP contribution in [-0.4, -0.2) is 0 Å². The lowest BCUT2D eigenvalue weighted by atomic mass is 9.92. The molecule has 2 aromatic carbocycles. The molecule has 0 atom stereocenters. The molecule has 0 bridgehead atoms. The summed E-state index contributed by atoms with van der Waals surface area (Å²) in [6.45, 7) is 3.98. The van der Waals surface area contributed by atoms with Gasteiger partial charge in [0.15, 0.2) is 0 Å². The maximum Gasteiger partial charge on any atom is 0.132 e. The zero-order chi connectivity index (χ0) is 13.9. The summed E-state index contributed by atoms with van der Waals surface area (Å²) in [5.41, 5.74) is 4.65. The molecule has 2 aromatic rings. The Kier molecular flexibility index (Phi) is 3.38. The molecule has 3 rings (SSSR count). The van der Waals surface area contributed by atoms with Crippen molar-refractivity contribution in [1.29, 1.82) is 0 Å². The fourth-order valence-electron chi connectivity index (χ4n) is 2.54. The summed E-state index contributed by atoms with van der Waals surface area (Å²) in [4.78, 5) is 0. The molecule has 0 amide bonds. The SMILES string of the molecule is C=C1CCC(c2ccccc2)=C(c2ccccc2F)N1. The molecular weight excluding hydrogens is 249 g/mol. The molecule has 0 radical (unpaired) electrons. The quantitative estimate of drug-likeness (QED) is 0.837. The molecule has 1 aliphatic rings. The largest absolute Gasteiger partial charge is 0.359 e. The molecule has 0 saturated heterocycles. The van der Waals surface area contributed by atoms with Gasteiger partial charge < -0.3 is 5.32 Å². The Bertz CT molecular complexity index is 671. The van der Waals surface area contributed by atoms with Crippen LogP contribution in [0.25, 0.3) is 11.3 Å². The standard InChI is InChI=1S/C18H16FN/c1-13-11-12-15(14-7-3-2-4-8-14)18(20-13)16-9-5-6-10-17(16)19/h2-10,20H,1,11-12H2. The Morgan fingerprint density at radius 3 is 2.35 bits per heavy atom. The van der Waals surface area contributed by atoms with Crippen molar-refractivity contribution in [3.8, 4) is 0 Å². The highest BCUT2D eigenvalue weighted by atomic mass is 19.1. The van der Waals surface area contributed by atoms with Gasteiger partial charge in [-0.25, -0.2) is 4.39 Å². The van der Waals surface area contributed by atoms with Crippen molar-refractivity contribution in [2.75, 3.05) is 0 Å². The van der Waals surface area contributed by atoms with Gasteiger partial charge in [-0.15, -0.1) is 0 Å². The van der Waals surface area contributed by atoms with Gasteiger partial charge in [-0.2, -0.15) is 0 Å². The monoisotopic (exact) mass is 265 g/mol. The summed E-state index contributed by atoms with van der Waals surface area (Å²) < 4.78 is 14.1. The second-order valence-electron chi connectivity index (χ2n) is 4.93. The molecule has 100 valence electrons. The van der Waals surface area contributed by atoms with E-state index in [0.29, 0.717) is 5.56 Å². The van der Waals surface area contributed by atoms with Crippen LogP contribution >= 0.6 is 0 Å². The van der Waals surface area contributed by atoms with Crippen LogP contribution < -0.4 is 5.32 Å². The Labute approximate surface area is 118 Å². The predicted molar refractivity (Wildman–Crippen MR) is 81.2 cm³/mol. The van der Waals surface area contributed by atoms with Crippen LogP contribution in [0.5, 0.6) is 0 Å². The first-order valence-corrected chi connectivity index (χ1v) is 6.74. The summed E-state index contributed by atoms with van der Waals surface area (Å²) in [5, 5.41) is 3.27. The summed E-state index contributed by atoms with van der Waals surface area (Å²) >= 11 is 0. The van der Waals surface area contributed by atoms with Crippen molar-refractivity contribution >= 4 is 11.3 Å². The highest BCUT2D eigenvalue weighted by Crippen LogP contribution is 2.34. The van der Waals surface area contributed by atoms with Crippen molar-refractivity contribution < 1.29 is 4.39 Å². The predicted octanol–water partition coefficient (Wildman–Crippen LogP) is 4.59. The summed E-state index contributed by atoms with van der Waals surface area (Å²) in [7, 11) is 0. The van der Waals surface area contributed by atoms with Crippen molar-refractivity contribution in [3.05, 3.63) is 83.8 Å². The lowest BCUT2D eigenvalue weighted by Gasteiger charge is -2.25. The summed E-state index contributed by atoms with van der Waals surface area (Å²) in [6.07, 6.45) is 1.75. The van der Waals surface area contributed by atoms with E-state index in [0.717, 1.165) is 35.4 Å². The maximum atomic E-state index is 14.1. The second-order valence-corrected chi connectivity index (χ2v) is 4.93. The Hall–Kier alpha value is -2.35. The van der Waals surface area contributed by atoms with Crippen LogP contribution in [0.15, 0.2) is 66.9 Å². The topological polar surface area (TPSA) is 12.0 Å². The lowest BCUT2D eigenvalue weighted by molar-refractivity contribution is 0.622. The Morgan fingerprint density at radius 2 is 1.60 bits per heavy atom. The fourth-order valence-corrected chi connectivity index (χ4v) is 2.54. The number of hydrogen-bond acceptors (Lipinski definition) is 1. The van der Waals surface area contributed by atoms with Crippen LogP contribution in [0.2, 0.25) is 0 Å². The minimum absolute atomic E-state index is 0.210. The van der Waals surface area contributed by atoms with Crippen LogP contribution in [0.1, 0.15) is 24.0 Å². The van der Waals surface area contributed by atoms with Crippen molar-refractivity contribution in [2.45, 2.75) is 12.8 Å².